The van der Waals surface area contributed by atoms with E-state index in [-0.39, 0.29) is 37.1 Å². The highest BCUT2D eigenvalue weighted by atomic mass is 16.8. The van der Waals surface area contributed by atoms with Gasteiger partial charge in [-0.05, 0) is 72.6 Å². The molecule has 1 aromatic carbocycles. The molecule has 0 unspecified atom stereocenters. The summed E-state index contributed by atoms with van der Waals surface area (Å²) >= 11 is 0. The van der Waals surface area contributed by atoms with E-state index in [0.717, 1.165) is 0 Å². The lowest BCUT2D eigenvalue weighted by Gasteiger charge is -2.27. The summed E-state index contributed by atoms with van der Waals surface area (Å²) in [4.78, 5) is 49.1. The van der Waals surface area contributed by atoms with Gasteiger partial charge < -0.3 is 38.9 Å². The molecule has 0 spiro atoms. The van der Waals surface area contributed by atoms with Gasteiger partial charge in [0.2, 0.25) is 0 Å². The molecule has 0 radical (unpaired) electrons. The van der Waals surface area contributed by atoms with Crippen LogP contribution in [0.3, 0.4) is 0 Å². The van der Waals surface area contributed by atoms with E-state index in [1.807, 2.05) is 6.92 Å². The highest BCUT2D eigenvalue weighted by molar-refractivity contribution is 5.81. The summed E-state index contributed by atoms with van der Waals surface area (Å²) in [6, 6.07) is 4.24. The van der Waals surface area contributed by atoms with Gasteiger partial charge >= 0.3 is 24.4 Å². The van der Waals surface area contributed by atoms with E-state index in [1.165, 1.54) is 25.3 Å². The van der Waals surface area contributed by atoms with Crippen LogP contribution in [-0.2, 0) is 34.9 Å². The number of rotatable bonds is 10. The Morgan fingerprint density at radius 3 is 1.90 bits per heavy atom. The van der Waals surface area contributed by atoms with Gasteiger partial charge in [0.15, 0.2) is 11.5 Å². The highest BCUT2D eigenvalue weighted by Crippen LogP contribution is 2.32. The molecular formula is C27H41NO11. The van der Waals surface area contributed by atoms with Crippen LogP contribution in [0.2, 0.25) is 0 Å². The summed E-state index contributed by atoms with van der Waals surface area (Å²) in [7, 11) is 1.18. The zero-order valence-corrected chi connectivity index (χ0v) is 24.2. The number of benzene rings is 1. The second-order valence-corrected chi connectivity index (χ2v) is 10.9. The number of hydrogen-bond donors (Lipinski definition) is 1. The first-order valence-corrected chi connectivity index (χ1v) is 12.5. The van der Waals surface area contributed by atoms with Crippen molar-refractivity contribution >= 4 is 24.4 Å². The van der Waals surface area contributed by atoms with Gasteiger partial charge in [0.25, 0.3) is 0 Å². The van der Waals surface area contributed by atoms with Crippen LogP contribution in [0.5, 0.6) is 11.5 Å². The van der Waals surface area contributed by atoms with Crippen molar-refractivity contribution in [3.8, 4) is 11.5 Å². The lowest BCUT2D eigenvalue weighted by atomic mass is 9.88. The van der Waals surface area contributed by atoms with Crippen molar-refractivity contribution in [2.75, 3.05) is 13.7 Å². The number of ether oxygens (including phenoxy) is 7. The van der Waals surface area contributed by atoms with Crippen molar-refractivity contribution in [2.45, 2.75) is 97.5 Å². The fraction of sp³-hybridized carbons (Fsp3) is 0.630. The average Bonchev–Trinajstić information content (AvgIpc) is 2.77. The van der Waals surface area contributed by atoms with Gasteiger partial charge in [-0.25, -0.2) is 14.4 Å². The third kappa shape index (κ3) is 12.7. The molecule has 0 fully saturated rings. The van der Waals surface area contributed by atoms with Gasteiger partial charge in [-0.3, -0.25) is 4.79 Å². The molecule has 1 aromatic rings. The molecule has 0 heterocycles. The standard InChI is InChI=1S/C27H41NO11/c1-10-17(2)35-22(30)34-14-13-27(28,21(29)33-9)16-18-11-12-19(36-23(31)38-25(3,4)5)20(15-18)37-24(32)39-26(6,7)8/h11-12,15,17H,10,13-14,16,28H2,1-9H3/t17-,27+/m0/s1. The third-order valence-corrected chi connectivity index (χ3v) is 4.93. The lowest BCUT2D eigenvalue weighted by molar-refractivity contribution is -0.147. The number of methoxy groups -OCH3 is 1. The van der Waals surface area contributed by atoms with Crippen LogP contribution in [0, 0.1) is 0 Å². The predicted octanol–water partition coefficient (Wildman–Crippen LogP) is 5.07. The van der Waals surface area contributed by atoms with Crippen LogP contribution >= 0.6 is 0 Å². The van der Waals surface area contributed by atoms with E-state index in [1.54, 1.807) is 48.5 Å². The van der Waals surface area contributed by atoms with Crippen molar-refractivity contribution in [3.63, 3.8) is 0 Å². The summed E-state index contributed by atoms with van der Waals surface area (Å²) in [5.41, 5.74) is 3.49. The Morgan fingerprint density at radius 2 is 1.41 bits per heavy atom. The highest BCUT2D eigenvalue weighted by Gasteiger charge is 2.36. The van der Waals surface area contributed by atoms with Crippen LogP contribution in [0.15, 0.2) is 18.2 Å². The molecule has 39 heavy (non-hydrogen) atoms. The fourth-order valence-electron chi connectivity index (χ4n) is 2.98. The molecule has 0 aliphatic heterocycles. The summed E-state index contributed by atoms with van der Waals surface area (Å²) in [6.07, 6.45) is -2.88. The first-order chi connectivity index (χ1) is 17.9. The first-order valence-electron chi connectivity index (χ1n) is 12.5. The monoisotopic (exact) mass is 555 g/mol. The van der Waals surface area contributed by atoms with Crippen LogP contribution in [0.25, 0.3) is 0 Å². The van der Waals surface area contributed by atoms with Crippen LogP contribution in [0.1, 0.15) is 73.8 Å². The Balaban J connectivity index is 3.20. The number of hydrogen-bond acceptors (Lipinski definition) is 12. The molecule has 0 saturated heterocycles. The molecule has 0 saturated carbocycles. The molecule has 2 atom stereocenters. The second kappa shape index (κ2) is 14.0. The molecule has 1 rings (SSSR count). The van der Waals surface area contributed by atoms with E-state index in [9.17, 15) is 19.2 Å². The van der Waals surface area contributed by atoms with Gasteiger partial charge in [-0.1, -0.05) is 13.0 Å². The zero-order valence-electron chi connectivity index (χ0n) is 24.2. The van der Waals surface area contributed by atoms with Crippen LogP contribution < -0.4 is 15.2 Å². The smallest absolute Gasteiger partial charge is 0.468 e. The molecule has 0 bridgehead atoms. The van der Waals surface area contributed by atoms with E-state index < -0.39 is 41.2 Å². The normalized spacial score (nSPS) is 13.8. The van der Waals surface area contributed by atoms with E-state index in [4.69, 9.17) is 38.9 Å². The quantitative estimate of drug-likeness (QED) is 0.232. The van der Waals surface area contributed by atoms with Crippen molar-refractivity contribution in [1.82, 2.24) is 0 Å². The Hall–Kier alpha value is -3.54. The first kappa shape index (κ1) is 33.5. The number of carbonyl (C=O) groups excluding carboxylic acids is 4. The third-order valence-electron chi connectivity index (χ3n) is 4.93. The molecule has 0 amide bonds. The van der Waals surface area contributed by atoms with Crippen LogP contribution in [0.4, 0.5) is 14.4 Å². The Bertz CT molecular complexity index is 1010. The summed E-state index contributed by atoms with van der Waals surface area (Å²) in [5.74, 6) is -1.06. The van der Waals surface area contributed by atoms with Gasteiger partial charge in [0.05, 0.1) is 13.7 Å². The molecule has 2 N–H and O–H groups in total. The minimum atomic E-state index is -1.62. The molecule has 12 heteroatoms. The molecule has 0 aliphatic carbocycles. The summed E-state index contributed by atoms with van der Waals surface area (Å²) in [6.45, 7) is 13.3. The topological polar surface area (TPSA) is 159 Å². The average molecular weight is 556 g/mol. The second-order valence-electron chi connectivity index (χ2n) is 10.9. The van der Waals surface area contributed by atoms with Gasteiger partial charge in [-0.15, -0.1) is 0 Å². The number of carbonyl (C=O) groups is 4. The molecule has 220 valence electrons. The van der Waals surface area contributed by atoms with Gasteiger partial charge in [-0.2, -0.15) is 0 Å². The van der Waals surface area contributed by atoms with Crippen molar-refractivity contribution < 1.29 is 52.3 Å². The summed E-state index contributed by atoms with van der Waals surface area (Å²) < 4.78 is 35.9. The Labute approximate surface area is 229 Å². The minimum absolute atomic E-state index is 0.103. The molecule has 0 aromatic heterocycles. The predicted molar refractivity (Wildman–Crippen MR) is 140 cm³/mol. The van der Waals surface area contributed by atoms with E-state index in [2.05, 4.69) is 0 Å². The number of esters is 1. The lowest BCUT2D eigenvalue weighted by Crippen LogP contribution is -2.51. The van der Waals surface area contributed by atoms with Crippen molar-refractivity contribution in [2.24, 2.45) is 5.73 Å². The maximum absolute atomic E-state index is 12.6. The van der Waals surface area contributed by atoms with Crippen molar-refractivity contribution in [3.05, 3.63) is 23.8 Å². The Morgan fingerprint density at radius 1 is 0.872 bits per heavy atom. The maximum Gasteiger partial charge on any atom is 0.514 e. The molecular weight excluding hydrogens is 514 g/mol. The SMILES string of the molecule is CC[C@H](C)OC(=O)OCC[C@@](N)(Cc1ccc(OC(=O)OC(C)(C)C)c(OC(=O)OC(C)(C)C)c1)C(=O)OC. The molecule has 12 nitrogen and oxygen atoms in total. The van der Waals surface area contributed by atoms with Crippen LogP contribution in [-0.4, -0.2) is 61.0 Å². The zero-order chi connectivity index (χ0) is 30.0. The van der Waals surface area contributed by atoms with Gasteiger partial charge in [0.1, 0.15) is 22.8 Å². The summed E-state index contributed by atoms with van der Waals surface area (Å²) in [5, 5.41) is 0. The largest absolute Gasteiger partial charge is 0.514 e. The maximum atomic E-state index is 12.6. The molecule has 0 aliphatic rings. The number of nitrogens with two attached hydrogens (primary N) is 1. The minimum Gasteiger partial charge on any atom is -0.468 e. The van der Waals surface area contributed by atoms with E-state index >= 15 is 0 Å². The van der Waals surface area contributed by atoms with Gasteiger partial charge in [0, 0.05) is 12.8 Å². The van der Waals surface area contributed by atoms with Crippen molar-refractivity contribution in [1.29, 1.82) is 0 Å². The fourth-order valence-corrected chi connectivity index (χ4v) is 2.98. The van der Waals surface area contributed by atoms with E-state index in [0.29, 0.717) is 12.0 Å². The Kier molecular flexibility index (Phi) is 12.0.